The van der Waals surface area contributed by atoms with E-state index in [-0.39, 0.29) is 11.3 Å². The highest BCUT2D eigenvalue weighted by atomic mass is 35.5. The summed E-state index contributed by atoms with van der Waals surface area (Å²) < 4.78 is 0. The van der Waals surface area contributed by atoms with Gasteiger partial charge in [0, 0.05) is 6.20 Å². The van der Waals surface area contributed by atoms with Gasteiger partial charge < -0.3 is 0 Å². The molecule has 1 rings (SSSR count). The Morgan fingerprint density at radius 2 is 2.33 bits per heavy atom. The minimum absolute atomic E-state index is 0.142. The largest absolute Gasteiger partial charge is 0.299 e. The zero-order valence-electron chi connectivity index (χ0n) is 5.73. The van der Waals surface area contributed by atoms with Crippen LogP contribution in [0.3, 0.4) is 0 Å². The van der Waals surface area contributed by atoms with Crippen LogP contribution < -0.4 is 0 Å². The molecule has 1 aromatic heterocycles. The molecule has 0 fully saturated rings. The number of hydrogen-bond donors (Lipinski definition) is 0. The summed E-state index contributed by atoms with van der Waals surface area (Å²) in [7, 11) is 0. The van der Waals surface area contributed by atoms with Gasteiger partial charge in [-0.15, -0.1) is 0 Å². The van der Waals surface area contributed by atoms with Crippen molar-refractivity contribution >= 4 is 22.5 Å². The fraction of sp³-hybridized carbons (Fsp3) is 0. The van der Waals surface area contributed by atoms with Crippen molar-refractivity contribution < 1.29 is 9.72 Å². The number of pyridine rings is 1. The molecule has 1 aromatic rings. The number of carbonyl (C=O) groups is 1. The van der Waals surface area contributed by atoms with Crippen molar-refractivity contribution in [1.82, 2.24) is 4.98 Å². The van der Waals surface area contributed by atoms with Crippen LogP contribution in [0.15, 0.2) is 18.5 Å². The highest BCUT2D eigenvalue weighted by Crippen LogP contribution is 2.17. The Bertz CT molecular complexity index is 306. The Hall–Kier alpha value is -1.49. The van der Waals surface area contributed by atoms with Crippen LogP contribution in [0.25, 0.3) is 0 Å². The van der Waals surface area contributed by atoms with Crippen molar-refractivity contribution in [3.63, 3.8) is 0 Å². The second-order valence-corrected chi connectivity index (χ2v) is 2.27. The Labute approximate surface area is 72.1 Å². The SMILES string of the molecule is O=C(Cl)c1ccncc1[N+](=O)[O-]. The molecule has 0 bridgehead atoms. The molecule has 12 heavy (non-hydrogen) atoms. The first-order chi connectivity index (χ1) is 5.63. The Kier molecular flexibility index (Phi) is 2.35. The summed E-state index contributed by atoms with van der Waals surface area (Å²) in [6.07, 6.45) is 2.25. The van der Waals surface area contributed by atoms with E-state index in [1.807, 2.05) is 0 Å². The molecule has 0 aliphatic carbocycles. The van der Waals surface area contributed by atoms with E-state index in [2.05, 4.69) is 4.98 Å². The normalized spacial score (nSPS) is 9.42. The van der Waals surface area contributed by atoms with Gasteiger partial charge in [-0.2, -0.15) is 0 Å². The maximum absolute atomic E-state index is 10.6. The number of nitro groups is 1. The molecule has 0 aliphatic rings. The maximum Gasteiger partial charge on any atom is 0.299 e. The Balaban J connectivity index is 3.27. The molecule has 0 atom stereocenters. The highest BCUT2D eigenvalue weighted by Gasteiger charge is 2.17. The molecule has 5 nitrogen and oxygen atoms in total. The molecule has 0 unspecified atom stereocenters. The lowest BCUT2D eigenvalue weighted by molar-refractivity contribution is -0.385. The molecule has 0 N–H and O–H groups in total. The zero-order chi connectivity index (χ0) is 9.14. The third-order valence-electron chi connectivity index (χ3n) is 1.21. The average Bonchev–Trinajstić information content (AvgIpc) is 2.04. The number of rotatable bonds is 2. The zero-order valence-corrected chi connectivity index (χ0v) is 6.49. The van der Waals surface area contributed by atoms with Gasteiger partial charge in [0.05, 0.1) is 4.92 Å². The molecular formula is C6H3ClN2O3. The third-order valence-corrected chi connectivity index (χ3v) is 1.41. The van der Waals surface area contributed by atoms with Gasteiger partial charge in [-0.25, -0.2) is 0 Å². The summed E-state index contributed by atoms with van der Waals surface area (Å²) in [5.41, 5.74) is -0.519. The van der Waals surface area contributed by atoms with E-state index in [0.717, 1.165) is 6.20 Å². The van der Waals surface area contributed by atoms with Gasteiger partial charge in [-0.3, -0.25) is 19.9 Å². The summed E-state index contributed by atoms with van der Waals surface area (Å²) >= 11 is 5.08. The van der Waals surface area contributed by atoms with E-state index in [1.165, 1.54) is 12.3 Å². The summed E-state index contributed by atoms with van der Waals surface area (Å²) in [6.45, 7) is 0. The average molecular weight is 187 g/mol. The fourth-order valence-electron chi connectivity index (χ4n) is 0.698. The second kappa shape index (κ2) is 3.27. The number of aromatic nitrogens is 1. The second-order valence-electron chi connectivity index (χ2n) is 1.92. The van der Waals surface area contributed by atoms with E-state index in [1.54, 1.807) is 0 Å². The monoisotopic (exact) mass is 186 g/mol. The predicted molar refractivity (Wildman–Crippen MR) is 41.1 cm³/mol. The van der Waals surface area contributed by atoms with E-state index < -0.39 is 10.2 Å². The van der Waals surface area contributed by atoms with Gasteiger partial charge in [-0.05, 0) is 17.7 Å². The van der Waals surface area contributed by atoms with Gasteiger partial charge in [0.1, 0.15) is 11.8 Å². The quantitative estimate of drug-likeness (QED) is 0.397. The molecule has 0 amide bonds. The third kappa shape index (κ3) is 1.57. The fourth-order valence-corrected chi connectivity index (χ4v) is 0.858. The van der Waals surface area contributed by atoms with Crippen LogP contribution in [0, 0.1) is 10.1 Å². The summed E-state index contributed by atoms with van der Waals surface area (Å²) in [6, 6.07) is 1.20. The van der Waals surface area contributed by atoms with Crippen LogP contribution in [-0.2, 0) is 0 Å². The van der Waals surface area contributed by atoms with Crippen LogP contribution in [0.4, 0.5) is 5.69 Å². The number of nitrogens with zero attached hydrogens (tertiary/aromatic N) is 2. The first-order valence-corrected chi connectivity index (χ1v) is 3.29. The summed E-state index contributed by atoms with van der Waals surface area (Å²) in [5.74, 6) is 0. The standard InChI is InChI=1S/C6H3ClN2O3/c7-6(10)4-1-2-8-3-5(4)9(11)12/h1-3H. The number of halogens is 1. The van der Waals surface area contributed by atoms with Gasteiger partial charge in [0.15, 0.2) is 0 Å². The van der Waals surface area contributed by atoms with Gasteiger partial charge in [0.25, 0.3) is 10.9 Å². The van der Waals surface area contributed by atoms with Crippen molar-refractivity contribution in [3.05, 3.63) is 34.1 Å². The first-order valence-electron chi connectivity index (χ1n) is 2.91. The maximum atomic E-state index is 10.6. The Morgan fingerprint density at radius 3 is 2.75 bits per heavy atom. The van der Waals surface area contributed by atoms with Gasteiger partial charge >= 0.3 is 0 Å². The molecule has 0 aromatic carbocycles. The lowest BCUT2D eigenvalue weighted by atomic mass is 10.2. The van der Waals surface area contributed by atoms with Crippen LogP contribution in [-0.4, -0.2) is 15.1 Å². The lowest BCUT2D eigenvalue weighted by Crippen LogP contribution is -1.98. The summed E-state index contributed by atoms with van der Waals surface area (Å²) in [5, 5.41) is 9.42. The minimum Gasteiger partial charge on any atom is -0.275 e. The Morgan fingerprint density at radius 1 is 1.67 bits per heavy atom. The van der Waals surface area contributed by atoms with Crippen LogP contribution in [0.1, 0.15) is 10.4 Å². The van der Waals surface area contributed by atoms with Crippen molar-refractivity contribution in [3.8, 4) is 0 Å². The van der Waals surface area contributed by atoms with Gasteiger partial charge in [-0.1, -0.05) is 0 Å². The van der Waals surface area contributed by atoms with E-state index in [0.29, 0.717) is 0 Å². The highest BCUT2D eigenvalue weighted by molar-refractivity contribution is 6.68. The summed E-state index contributed by atoms with van der Waals surface area (Å²) in [4.78, 5) is 23.7. The smallest absolute Gasteiger partial charge is 0.275 e. The molecule has 0 saturated carbocycles. The van der Waals surface area contributed by atoms with Crippen LogP contribution in [0.2, 0.25) is 0 Å². The molecule has 62 valence electrons. The van der Waals surface area contributed by atoms with Crippen molar-refractivity contribution in [1.29, 1.82) is 0 Å². The number of hydrogen-bond acceptors (Lipinski definition) is 4. The molecular weight excluding hydrogens is 184 g/mol. The lowest BCUT2D eigenvalue weighted by Gasteiger charge is -1.94. The molecule has 6 heteroatoms. The van der Waals surface area contributed by atoms with Crippen LogP contribution >= 0.6 is 11.6 Å². The molecule has 0 radical (unpaired) electrons. The molecule has 1 heterocycles. The number of carbonyl (C=O) groups excluding carboxylic acids is 1. The van der Waals surface area contributed by atoms with Gasteiger partial charge in [0.2, 0.25) is 0 Å². The molecule has 0 spiro atoms. The van der Waals surface area contributed by atoms with E-state index >= 15 is 0 Å². The molecule has 0 saturated heterocycles. The topological polar surface area (TPSA) is 73.1 Å². The van der Waals surface area contributed by atoms with E-state index in [4.69, 9.17) is 11.6 Å². The van der Waals surface area contributed by atoms with Crippen molar-refractivity contribution in [2.24, 2.45) is 0 Å². The minimum atomic E-state index is -0.857. The predicted octanol–water partition coefficient (Wildman–Crippen LogP) is 1.37. The van der Waals surface area contributed by atoms with Crippen LogP contribution in [0.5, 0.6) is 0 Å². The first kappa shape index (κ1) is 8.61. The van der Waals surface area contributed by atoms with Crippen molar-refractivity contribution in [2.45, 2.75) is 0 Å². The van der Waals surface area contributed by atoms with E-state index in [9.17, 15) is 14.9 Å². The molecule has 0 aliphatic heterocycles. The van der Waals surface area contributed by atoms with Crippen molar-refractivity contribution in [2.75, 3.05) is 0 Å².